The summed E-state index contributed by atoms with van der Waals surface area (Å²) in [5.41, 5.74) is 0. The first-order valence-corrected chi connectivity index (χ1v) is 5.48. The zero-order valence-corrected chi connectivity index (χ0v) is 9.15. The van der Waals surface area contributed by atoms with Gasteiger partial charge in [-0.15, -0.1) is 0 Å². The molecule has 0 N–H and O–H groups in total. The minimum absolute atomic E-state index is 0.223. The standard InChI is InChI=1S/C11H19ClO/c1-2-3-4-5-6-7-8-9-10-11(12)13/h6-7H,2-5,8-10H2,1H3/b7-6+. The molecule has 0 spiro atoms. The van der Waals surface area contributed by atoms with Crippen LogP contribution in [0.2, 0.25) is 0 Å². The normalized spacial score (nSPS) is 10.9. The minimum atomic E-state index is -0.223. The monoisotopic (exact) mass is 202 g/mol. The van der Waals surface area contributed by atoms with Crippen molar-refractivity contribution in [3.63, 3.8) is 0 Å². The fourth-order valence-corrected chi connectivity index (χ4v) is 1.24. The smallest absolute Gasteiger partial charge is 0.221 e. The first kappa shape index (κ1) is 12.7. The molecule has 13 heavy (non-hydrogen) atoms. The molecule has 0 heterocycles. The van der Waals surface area contributed by atoms with Gasteiger partial charge >= 0.3 is 0 Å². The largest absolute Gasteiger partial charge is 0.281 e. The number of unbranched alkanes of at least 4 members (excludes halogenated alkanes) is 4. The molecule has 0 rings (SSSR count). The van der Waals surface area contributed by atoms with Crippen LogP contribution in [-0.2, 0) is 4.79 Å². The molecule has 0 aliphatic rings. The maximum atomic E-state index is 10.4. The van der Waals surface area contributed by atoms with E-state index in [2.05, 4.69) is 19.1 Å². The summed E-state index contributed by atoms with van der Waals surface area (Å²) in [6, 6.07) is 0. The Bertz CT molecular complexity index is 152. The fraction of sp³-hybridized carbons (Fsp3) is 0.727. The lowest BCUT2D eigenvalue weighted by Gasteiger charge is -1.92. The molecule has 2 heteroatoms. The van der Waals surface area contributed by atoms with E-state index in [0.717, 1.165) is 12.8 Å². The molecule has 0 unspecified atom stereocenters. The molecule has 0 atom stereocenters. The Labute approximate surface area is 86.2 Å². The number of halogens is 1. The van der Waals surface area contributed by atoms with E-state index < -0.39 is 0 Å². The summed E-state index contributed by atoms with van der Waals surface area (Å²) in [5.74, 6) is 0. The van der Waals surface area contributed by atoms with Crippen LogP contribution in [0.25, 0.3) is 0 Å². The molecule has 0 aliphatic heterocycles. The van der Waals surface area contributed by atoms with Gasteiger partial charge in [-0.05, 0) is 37.3 Å². The van der Waals surface area contributed by atoms with Gasteiger partial charge in [-0.3, -0.25) is 4.79 Å². The van der Waals surface area contributed by atoms with Gasteiger partial charge in [0.05, 0.1) is 0 Å². The predicted octanol–water partition coefficient (Wildman–Crippen LogP) is 4.06. The van der Waals surface area contributed by atoms with Crippen molar-refractivity contribution < 1.29 is 4.79 Å². The summed E-state index contributed by atoms with van der Waals surface area (Å²) < 4.78 is 0. The van der Waals surface area contributed by atoms with E-state index >= 15 is 0 Å². The van der Waals surface area contributed by atoms with Crippen LogP contribution < -0.4 is 0 Å². The zero-order chi connectivity index (χ0) is 9.94. The number of hydrogen-bond donors (Lipinski definition) is 0. The van der Waals surface area contributed by atoms with Crippen LogP contribution in [0.5, 0.6) is 0 Å². The Morgan fingerprint density at radius 1 is 1.15 bits per heavy atom. The first-order chi connectivity index (χ1) is 6.27. The second kappa shape index (κ2) is 9.79. The molecule has 0 bridgehead atoms. The first-order valence-electron chi connectivity index (χ1n) is 5.10. The van der Waals surface area contributed by atoms with Crippen molar-refractivity contribution in [2.24, 2.45) is 0 Å². The lowest BCUT2D eigenvalue weighted by molar-refractivity contribution is -0.111. The summed E-state index contributed by atoms with van der Waals surface area (Å²) in [6.45, 7) is 2.20. The summed E-state index contributed by atoms with van der Waals surface area (Å²) >= 11 is 5.20. The van der Waals surface area contributed by atoms with Crippen molar-refractivity contribution in [1.29, 1.82) is 0 Å². The van der Waals surface area contributed by atoms with Crippen molar-refractivity contribution in [2.75, 3.05) is 0 Å². The van der Waals surface area contributed by atoms with Gasteiger partial charge in [0, 0.05) is 6.42 Å². The summed E-state index contributed by atoms with van der Waals surface area (Å²) in [7, 11) is 0. The summed E-state index contributed by atoms with van der Waals surface area (Å²) in [6.07, 6.45) is 11.7. The van der Waals surface area contributed by atoms with Gasteiger partial charge in [-0.25, -0.2) is 0 Å². The highest BCUT2D eigenvalue weighted by molar-refractivity contribution is 6.63. The van der Waals surface area contributed by atoms with E-state index in [-0.39, 0.29) is 5.24 Å². The van der Waals surface area contributed by atoms with Gasteiger partial charge in [-0.1, -0.05) is 31.9 Å². The van der Waals surface area contributed by atoms with Crippen LogP contribution in [-0.4, -0.2) is 5.24 Å². The van der Waals surface area contributed by atoms with Crippen LogP contribution >= 0.6 is 11.6 Å². The topological polar surface area (TPSA) is 17.1 Å². The Hall–Kier alpha value is -0.300. The highest BCUT2D eigenvalue weighted by Gasteiger charge is 1.92. The van der Waals surface area contributed by atoms with Crippen LogP contribution in [0.4, 0.5) is 0 Å². The molecule has 0 aliphatic carbocycles. The van der Waals surface area contributed by atoms with Crippen molar-refractivity contribution in [3.8, 4) is 0 Å². The summed E-state index contributed by atoms with van der Waals surface area (Å²) in [5, 5.41) is -0.223. The Balaban J connectivity index is 3.08. The second-order valence-electron chi connectivity index (χ2n) is 3.21. The van der Waals surface area contributed by atoms with Crippen molar-refractivity contribution in [3.05, 3.63) is 12.2 Å². The number of rotatable bonds is 8. The lowest BCUT2D eigenvalue weighted by atomic mass is 10.2. The van der Waals surface area contributed by atoms with E-state index in [1.54, 1.807) is 0 Å². The molecular weight excluding hydrogens is 184 g/mol. The maximum absolute atomic E-state index is 10.4. The predicted molar refractivity (Wildman–Crippen MR) is 58.0 cm³/mol. The zero-order valence-electron chi connectivity index (χ0n) is 8.39. The molecular formula is C11H19ClO. The van der Waals surface area contributed by atoms with Crippen molar-refractivity contribution in [1.82, 2.24) is 0 Å². The molecule has 0 saturated heterocycles. The second-order valence-corrected chi connectivity index (χ2v) is 3.64. The van der Waals surface area contributed by atoms with Gasteiger partial charge in [-0.2, -0.15) is 0 Å². The summed E-state index contributed by atoms with van der Waals surface area (Å²) in [4.78, 5) is 10.4. The van der Waals surface area contributed by atoms with Crippen LogP contribution in [0.1, 0.15) is 51.9 Å². The van der Waals surface area contributed by atoms with Gasteiger partial charge in [0.15, 0.2) is 0 Å². The molecule has 1 nitrogen and oxygen atoms in total. The third kappa shape index (κ3) is 11.7. The van der Waals surface area contributed by atoms with E-state index in [0.29, 0.717) is 6.42 Å². The van der Waals surface area contributed by atoms with Crippen molar-refractivity contribution in [2.45, 2.75) is 51.9 Å². The molecule has 0 fully saturated rings. The van der Waals surface area contributed by atoms with E-state index in [1.807, 2.05) is 0 Å². The fourth-order valence-electron chi connectivity index (χ4n) is 1.11. The van der Waals surface area contributed by atoms with Crippen LogP contribution in [0.15, 0.2) is 12.2 Å². The highest BCUT2D eigenvalue weighted by atomic mass is 35.5. The molecule has 0 aromatic carbocycles. The van der Waals surface area contributed by atoms with E-state index in [4.69, 9.17) is 11.6 Å². The molecule has 0 aromatic heterocycles. The molecule has 0 saturated carbocycles. The third-order valence-corrected chi connectivity index (χ3v) is 2.07. The number of allylic oxidation sites excluding steroid dienone is 2. The van der Waals surface area contributed by atoms with Gasteiger partial charge in [0.2, 0.25) is 5.24 Å². The number of carbonyl (C=O) groups excluding carboxylic acids is 1. The molecule has 76 valence electrons. The Morgan fingerprint density at radius 2 is 1.77 bits per heavy atom. The average Bonchev–Trinajstić information content (AvgIpc) is 2.09. The molecule has 0 aromatic rings. The number of carbonyl (C=O) groups is 1. The van der Waals surface area contributed by atoms with Gasteiger partial charge in [0.1, 0.15) is 0 Å². The molecule has 0 radical (unpaired) electrons. The average molecular weight is 203 g/mol. The third-order valence-electron chi connectivity index (χ3n) is 1.89. The Kier molecular flexibility index (Phi) is 9.56. The SMILES string of the molecule is CCCCC/C=C/CCCC(=O)Cl. The van der Waals surface area contributed by atoms with E-state index in [9.17, 15) is 4.79 Å². The highest BCUT2D eigenvalue weighted by Crippen LogP contribution is 2.03. The lowest BCUT2D eigenvalue weighted by Crippen LogP contribution is -1.83. The van der Waals surface area contributed by atoms with E-state index in [1.165, 1.54) is 25.7 Å². The van der Waals surface area contributed by atoms with Crippen LogP contribution in [0.3, 0.4) is 0 Å². The Morgan fingerprint density at radius 3 is 2.31 bits per heavy atom. The quantitative estimate of drug-likeness (QED) is 0.330. The van der Waals surface area contributed by atoms with Gasteiger partial charge in [0.25, 0.3) is 0 Å². The number of hydrogen-bond acceptors (Lipinski definition) is 1. The molecule has 0 amide bonds. The maximum Gasteiger partial charge on any atom is 0.221 e. The van der Waals surface area contributed by atoms with Gasteiger partial charge < -0.3 is 0 Å². The van der Waals surface area contributed by atoms with Crippen LogP contribution in [0, 0.1) is 0 Å². The van der Waals surface area contributed by atoms with Crippen molar-refractivity contribution >= 4 is 16.8 Å². The minimum Gasteiger partial charge on any atom is -0.281 e.